The average Bonchev–Trinajstić information content (AvgIpc) is 2.79. The van der Waals surface area contributed by atoms with Gasteiger partial charge in [-0.05, 0) is 61.8 Å². The molecule has 1 N–H and O–H groups in total. The van der Waals surface area contributed by atoms with Crippen molar-refractivity contribution < 1.29 is 4.79 Å². The minimum atomic E-state index is 0.0532. The summed E-state index contributed by atoms with van der Waals surface area (Å²) in [6.07, 6.45) is 8.49. The molecule has 1 aromatic heterocycles. The molecule has 0 saturated heterocycles. The zero-order valence-electron chi connectivity index (χ0n) is 11.4. The maximum Gasteiger partial charge on any atom is 0.269 e. The van der Waals surface area contributed by atoms with Gasteiger partial charge in [0, 0.05) is 19.3 Å². The standard InChI is InChI=1S/C15H21N3O/c1-18-13(2-3-16-18)15(19)17-14-11-5-9-4-10(7-11)8-12(14)6-9/h2-3,9-12,14H,4-8H2,1H3,(H,17,19). The van der Waals surface area contributed by atoms with Crippen molar-refractivity contribution in [3.05, 3.63) is 18.0 Å². The van der Waals surface area contributed by atoms with Crippen LogP contribution in [0.5, 0.6) is 0 Å². The van der Waals surface area contributed by atoms with Gasteiger partial charge in [0.25, 0.3) is 5.91 Å². The van der Waals surface area contributed by atoms with E-state index in [0.717, 1.165) is 23.7 Å². The van der Waals surface area contributed by atoms with Crippen LogP contribution in [0.2, 0.25) is 0 Å². The fourth-order valence-corrected chi connectivity index (χ4v) is 4.98. The number of carbonyl (C=O) groups is 1. The molecule has 19 heavy (non-hydrogen) atoms. The van der Waals surface area contributed by atoms with Gasteiger partial charge in [-0.15, -0.1) is 0 Å². The van der Waals surface area contributed by atoms with Crippen molar-refractivity contribution in [1.29, 1.82) is 0 Å². The molecule has 0 spiro atoms. The van der Waals surface area contributed by atoms with Gasteiger partial charge in [0.05, 0.1) is 0 Å². The lowest BCUT2D eigenvalue weighted by atomic mass is 9.54. The van der Waals surface area contributed by atoms with Gasteiger partial charge < -0.3 is 5.32 Å². The van der Waals surface area contributed by atoms with Crippen molar-refractivity contribution in [1.82, 2.24) is 15.1 Å². The summed E-state index contributed by atoms with van der Waals surface area (Å²) in [5.41, 5.74) is 0.675. The second-order valence-corrected chi connectivity index (χ2v) is 6.77. The molecule has 4 fully saturated rings. The number of hydrogen-bond donors (Lipinski definition) is 1. The third kappa shape index (κ3) is 1.80. The highest BCUT2D eigenvalue weighted by atomic mass is 16.2. The van der Waals surface area contributed by atoms with Crippen LogP contribution in [0, 0.1) is 23.7 Å². The molecule has 4 aliphatic rings. The summed E-state index contributed by atoms with van der Waals surface area (Å²) in [6, 6.07) is 2.21. The predicted molar refractivity (Wildman–Crippen MR) is 71.5 cm³/mol. The second kappa shape index (κ2) is 4.09. The molecule has 0 atom stereocenters. The van der Waals surface area contributed by atoms with Crippen LogP contribution in [-0.2, 0) is 7.05 Å². The summed E-state index contributed by atoms with van der Waals surface area (Å²) in [4.78, 5) is 12.3. The van der Waals surface area contributed by atoms with E-state index >= 15 is 0 Å². The Morgan fingerprint density at radius 2 is 1.84 bits per heavy atom. The van der Waals surface area contributed by atoms with E-state index < -0.39 is 0 Å². The maximum atomic E-state index is 12.3. The Morgan fingerprint density at radius 3 is 2.37 bits per heavy atom. The lowest BCUT2D eigenvalue weighted by molar-refractivity contribution is -0.0120. The molecule has 0 aromatic carbocycles. The Bertz CT molecular complexity index is 479. The number of carbonyl (C=O) groups excluding carboxylic acids is 1. The quantitative estimate of drug-likeness (QED) is 0.882. The Hall–Kier alpha value is -1.32. The third-order valence-corrected chi connectivity index (χ3v) is 5.58. The molecule has 1 amide bonds. The molecule has 0 unspecified atom stereocenters. The minimum Gasteiger partial charge on any atom is -0.347 e. The lowest BCUT2D eigenvalue weighted by Gasteiger charge is -2.54. The fourth-order valence-electron chi connectivity index (χ4n) is 4.98. The molecule has 0 aliphatic heterocycles. The van der Waals surface area contributed by atoms with E-state index in [1.807, 2.05) is 7.05 Å². The molecule has 1 aromatic rings. The van der Waals surface area contributed by atoms with Gasteiger partial charge in [-0.3, -0.25) is 9.48 Å². The van der Waals surface area contributed by atoms with Crippen LogP contribution in [0.1, 0.15) is 42.6 Å². The molecule has 0 radical (unpaired) electrons. The average molecular weight is 259 g/mol. The molecule has 4 bridgehead atoms. The number of amides is 1. The number of hydrogen-bond acceptors (Lipinski definition) is 2. The number of rotatable bonds is 2. The monoisotopic (exact) mass is 259 g/mol. The highest BCUT2D eigenvalue weighted by Gasteiger charge is 2.48. The molecule has 4 aliphatic carbocycles. The Balaban J connectivity index is 1.51. The minimum absolute atomic E-state index is 0.0532. The van der Waals surface area contributed by atoms with Gasteiger partial charge in [0.1, 0.15) is 5.69 Å². The van der Waals surface area contributed by atoms with Crippen LogP contribution < -0.4 is 5.32 Å². The maximum absolute atomic E-state index is 12.3. The third-order valence-electron chi connectivity index (χ3n) is 5.58. The number of nitrogens with zero attached hydrogens (tertiary/aromatic N) is 2. The molecular formula is C15H21N3O. The first kappa shape index (κ1) is 11.5. The van der Waals surface area contributed by atoms with Crippen molar-refractivity contribution in [2.24, 2.45) is 30.7 Å². The van der Waals surface area contributed by atoms with Crippen molar-refractivity contribution in [2.45, 2.75) is 38.1 Å². The van der Waals surface area contributed by atoms with Crippen molar-refractivity contribution in [3.8, 4) is 0 Å². The van der Waals surface area contributed by atoms with Crippen molar-refractivity contribution >= 4 is 5.91 Å². The topological polar surface area (TPSA) is 46.9 Å². The fraction of sp³-hybridized carbons (Fsp3) is 0.733. The summed E-state index contributed by atoms with van der Waals surface area (Å²) < 4.78 is 1.66. The van der Waals surface area contributed by atoms with E-state index in [-0.39, 0.29) is 5.91 Å². The van der Waals surface area contributed by atoms with Crippen LogP contribution >= 0.6 is 0 Å². The van der Waals surface area contributed by atoms with E-state index in [2.05, 4.69) is 10.4 Å². The summed E-state index contributed by atoms with van der Waals surface area (Å²) >= 11 is 0. The summed E-state index contributed by atoms with van der Waals surface area (Å²) in [5, 5.41) is 7.38. The zero-order valence-corrected chi connectivity index (χ0v) is 11.4. The van der Waals surface area contributed by atoms with E-state index in [1.54, 1.807) is 16.9 Å². The highest BCUT2D eigenvalue weighted by molar-refractivity contribution is 5.92. The van der Waals surface area contributed by atoms with Crippen molar-refractivity contribution in [2.75, 3.05) is 0 Å². The predicted octanol–water partition coefficient (Wildman–Crippen LogP) is 1.97. The smallest absolute Gasteiger partial charge is 0.269 e. The number of nitrogens with one attached hydrogen (secondary N) is 1. The van der Waals surface area contributed by atoms with E-state index in [9.17, 15) is 4.79 Å². The largest absolute Gasteiger partial charge is 0.347 e. The molecule has 4 heteroatoms. The van der Waals surface area contributed by atoms with Gasteiger partial charge in [-0.1, -0.05) is 0 Å². The normalized spacial score (nSPS) is 39.5. The lowest BCUT2D eigenvalue weighted by Crippen LogP contribution is -2.56. The van der Waals surface area contributed by atoms with Gasteiger partial charge in [0.15, 0.2) is 0 Å². The molecule has 4 nitrogen and oxygen atoms in total. The first-order valence-corrected chi connectivity index (χ1v) is 7.49. The summed E-state index contributed by atoms with van der Waals surface area (Å²) in [5.74, 6) is 3.42. The van der Waals surface area contributed by atoms with E-state index in [0.29, 0.717) is 11.7 Å². The summed E-state index contributed by atoms with van der Waals surface area (Å²) in [7, 11) is 1.83. The molecule has 5 rings (SSSR count). The number of aryl methyl sites for hydroxylation is 1. The van der Waals surface area contributed by atoms with Crippen LogP contribution in [-0.4, -0.2) is 21.7 Å². The van der Waals surface area contributed by atoms with Crippen LogP contribution in [0.25, 0.3) is 0 Å². The molecular weight excluding hydrogens is 238 g/mol. The van der Waals surface area contributed by atoms with E-state index in [1.165, 1.54) is 32.1 Å². The molecule has 1 heterocycles. The Kier molecular flexibility index (Phi) is 2.47. The Morgan fingerprint density at radius 1 is 1.21 bits per heavy atom. The zero-order chi connectivity index (χ0) is 13.0. The SMILES string of the molecule is Cn1nccc1C(=O)NC1C2CC3CC(C2)CC1C3. The molecule has 4 saturated carbocycles. The first-order valence-electron chi connectivity index (χ1n) is 7.49. The highest BCUT2D eigenvalue weighted by Crippen LogP contribution is 2.53. The van der Waals surface area contributed by atoms with Gasteiger partial charge in [-0.25, -0.2) is 0 Å². The van der Waals surface area contributed by atoms with Gasteiger partial charge >= 0.3 is 0 Å². The Labute approximate surface area is 113 Å². The van der Waals surface area contributed by atoms with Crippen LogP contribution in [0.3, 0.4) is 0 Å². The van der Waals surface area contributed by atoms with Gasteiger partial charge in [-0.2, -0.15) is 5.10 Å². The summed E-state index contributed by atoms with van der Waals surface area (Å²) in [6.45, 7) is 0. The van der Waals surface area contributed by atoms with Crippen LogP contribution in [0.4, 0.5) is 0 Å². The van der Waals surface area contributed by atoms with Gasteiger partial charge in [0.2, 0.25) is 0 Å². The first-order chi connectivity index (χ1) is 9.20. The molecule has 102 valence electrons. The van der Waals surface area contributed by atoms with E-state index in [4.69, 9.17) is 0 Å². The van der Waals surface area contributed by atoms with Crippen LogP contribution in [0.15, 0.2) is 12.3 Å². The van der Waals surface area contributed by atoms with Crippen molar-refractivity contribution in [3.63, 3.8) is 0 Å². The number of aromatic nitrogens is 2. The second-order valence-electron chi connectivity index (χ2n) is 6.77.